The first-order valence-corrected chi connectivity index (χ1v) is 7.01. The summed E-state index contributed by atoms with van der Waals surface area (Å²) in [6, 6.07) is 14.3. The molecule has 1 heterocycles. The second-order valence-corrected chi connectivity index (χ2v) is 5.42. The Morgan fingerprint density at radius 2 is 1.74 bits per heavy atom. The molecule has 3 aromatic rings. The fourth-order valence-corrected chi connectivity index (χ4v) is 2.46. The molecule has 0 bridgehead atoms. The smallest absolute Gasteiger partial charge is 0.161 e. The maximum Gasteiger partial charge on any atom is 0.161 e. The van der Waals surface area contributed by atoms with E-state index in [9.17, 15) is 0 Å². The van der Waals surface area contributed by atoms with Crippen molar-refractivity contribution in [1.29, 1.82) is 0 Å². The SMILES string of the molecule is Cc1nc(-c2cccc3ccccc23)nc(Cl)c1Br. The predicted octanol–water partition coefficient (Wildman–Crippen LogP) is 5.02. The zero-order valence-corrected chi connectivity index (χ0v) is 12.5. The second kappa shape index (κ2) is 4.91. The fraction of sp³-hybridized carbons (Fsp3) is 0.0667. The summed E-state index contributed by atoms with van der Waals surface area (Å²) in [5.74, 6) is 0.655. The number of hydrogen-bond donors (Lipinski definition) is 0. The van der Waals surface area contributed by atoms with Crippen molar-refractivity contribution in [2.24, 2.45) is 0 Å². The molecule has 0 N–H and O–H groups in total. The highest BCUT2D eigenvalue weighted by Crippen LogP contribution is 2.30. The summed E-state index contributed by atoms with van der Waals surface area (Å²) in [7, 11) is 0. The Morgan fingerprint density at radius 3 is 2.53 bits per heavy atom. The number of fused-ring (bicyclic) bond motifs is 1. The van der Waals surface area contributed by atoms with Crippen molar-refractivity contribution >= 4 is 38.3 Å². The van der Waals surface area contributed by atoms with Crippen molar-refractivity contribution in [3.8, 4) is 11.4 Å². The monoisotopic (exact) mass is 332 g/mol. The van der Waals surface area contributed by atoms with Gasteiger partial charge in [0.1, 0.15) is 5.15 Å². The lowest BCUT2D eigenvalue weighted by Gasteiger charge is -2.08. The van der Waals surface area contributed by atoms with E-state index in [2.05, 4.69) is 44.1 Å². The van der Waals surface area contributed by atoms with Gasteiger partial charge < -0.3 is 0 Å². The molecule has 0 fully saturated rings. The van der Waals surface area contributed by atoms with Gasteiger partial charge in [-0.25, -0.2) is 9.97 Å². The summed E-state index contributed by atoms with van der Waals surface area (Å²) >= 11 is 9.50. The highest BCUT2D eigenvalue weighted by Gasteiger charge is 2.11. The zero-order valence-electron chi connectivity index (χ0n) is 10.2. The molecule has 0 saturated heterocycles. The summed E-state index contributed by atoms with van der Waals surface area (Å²) in [5, 5.41) is 2.73. The van der Waals surface area contributed by atoms with Crippen LogP contribution in [0.2, 0.25) is 5.15 Å². The number of rotatable bonds is 1. The topological polar surface area (TPSA) is 25.8 Å². The minimum absolute atomic E-state index is 0.440. The normalized spacial score (nSPS) is 10.9. The van der Waals surface area contributed by atoms with Crippen molar-refractivity contribution in [3.63, 3.8) is 0 Å². The van der Waals surface area contributed by atoms with Crippen molar-refractivity contribution < 1.29 is 0 Å². The molecule has 0 saturated carbocycles. The van der Waals surface area contributed by atoms with E-state index in [1.165, 1.54) is 5.39 Å². The van der Waals surface area contributed by atoms with Crippen LogP contribution >= 0.6 is 27.5 Å². The van der Waals surface area contributed by atoms with Crippen LogP contribution in [0.15, 0.2) is 46.9 Å². The Balaban J connectivity index is 2.31. The molecule has 0 aliphatic rings. The second-order valence-electron chi connectivity index (χ2n) is 4.26. The Labute approximate surface area is 124 Å². The van der Waals surface area contributed by atoms with Gasteiger partial charge in [-0.2, -0.15) is 0 Å². The molecule has 0 radical (unpaired) electrons. The third kappa shape index (κ3) is 2.24. The maximum atomic E-state index is 6.12. The van der Waals surface area contributed by atoms with E-state index in [0.717, 1.165) is 21.1 Å². The molecule has 0 aliphatic carbocycles. The van der Waals surface area contributed by atoms with Gasteiger partial charge in [-0.15, -0.1) is 0 Å². The summed E-state index contributed by atoms with van der Waals surface area (Å²) in [5.41, 5.74) is 1.83. The predicted molar refractivity (Wildman–Crippen MR) is 82.4 cm³/mol. The fourth-order valence-electron chi connectivity index (χ4n) is 2.07. The molecule has 1 aromatic heterocycles. The number of hydrogen-bond acceptors (Lipinski definition) is 2. The zero-order chi connectivity index (χ0) is 13.4. The number of aromatic nitrogens is 2. The molecule has 2 nitrogen and oxygen atoms in total. The number of benzene rings is 2. The molecule has 0 amide bonds. The van der Waals surface area contributed by atoms with E-state index >= 15 is 0 Å². The van der Waals surface area contributed by atoms with Crippen LogP contribution in [0.3, 0.4) is 0 Å². The lowest BCUT2D eigenvalue weighted by molar-refractivity contribution is 1.10. The van der Waals surface area contributed by atoms with Crippen LogP contribution < -0.4 is 0 Å². The van der Waals surface area contributed by atoms with Gasteiger partial charge in [-0.3, -0.25) is 0 Å². The highest BCUT2D eigenvalue weighted by atomic mass is 79.9. The quantitative estimate of drug-likeness (QED) is 0.584. The van der Waals surface area contributed by atoms with Crippen molar-refractivity contribution in [3.05, 3.63) is 57.8 Å². The first kappa shape index (κ1) is 12.6. The van der Waals surface area contributed by atoms with E-state index in [1.54, 1.807) is 0 Å². The van der Waals surface area contributed by atoms with Crippen molar-refractivity contribution in [2.45, 2.75) is 6.92 Å². The maximum absolute atomic E-state index is 6.12. The number of nitrogens with zero attached hydrogens (tertiary/aromatic N) is 2. The molecule has 4 heteroatoms. The van der Waals surface area contributed by atoms with Crippen LogP contribution in [-0.4, -0.2) is 9.97 Å². The van der Waals surface area contributed by atoms with E-state index in [0.29, 0.717) is 11.0 Å². The number of halogens is 2. The first-order valence-electron chi connectivity index (χ1n) is 5.84. The largest absolute Gasteiger partial charge is 0.232 e. The third-order valence-electron chi connectivity index (χ3n) is 3.01. The van der Waals surface area contributed by atoms with Crippen LogP contribution in [0.1, 0.15) is 5.69 Å². The van der Waals surface area contributed by atoms with Crippen LogP contribution in [0.5, 0.6) is 0 Å². The molecule has 0 spiro atoms. The molecule has 2 aromatic carbocycles. The van der Waals surface area contributed by atoms with Crippen molar-refractivity contribution in [2.75, 3.05) is 0 Å². The standard InChI is InChI=1S/C15H10BrClN2/c1-9-13(16)14(17)19-15(18-9)12-8-4-6-10-5-2-3-7-11(10)12/h2-8H,1H3. The Kier molecular flexibility index (Phi) is 3.25. The average Bonchev–Trinajstić information content (AvgIpc) is 2.43. The van der Waals surface area contributed by atoms with Gasteiger partial charge in [0.2, 0.25) is 0 Å². The van der Waals surface area contributed by atoms with E-state index in [-0.39, 0.29) is 0 Å². The molecule has 3 rings (SSSR count). The minimum Gasteiger partial charge on any atom is -0.232 e. The third-order valence-corrected chi connectivity index (χ3v) is 4.46. The molecule has 0 aliphatic heterocycles. The lowest BCUT2D eigenvalue weighted by Crippen LogP contribution is -1.95. The molecular formula is C15H10BrClN2. The van der Waals surface area contributed by atoms with Gasteiger partial charge in [0, 0.05) is 5.56 Å². The lowest BCUT2D eigenvalue weighted by atomic mass is 10.0. The van der Waals surface area contributed by atoms with E-state index in [1.807, 2.05) is 31.2 Å². The van der Waals surface area contributed by atoms with Crippen molar-refractivity contribution in [1.82, 2.24) is 9.97 Å². The highest BCUT2D eigenvalue weighted by molar-refractivity contribution is 9.10. The van der Waals surface area contributed by atoms with Gasteiger partial charge >= 0.3 is 0 Å². The van der Waals surface area contributed by atoms with Crippen LogP contribution in [0, 0.1) is 6.92 Å². The summed E-state index contributed by atoms with van der Waals surface area (Å²) < 4.78 is 0.748. The van der Waals surface area contributed by atoms with Crippen LogP contribution in [0.4, 0.5) is 0 Å². The van der Waals surface area contributed by atoms with Crippen LogP contribution in [0.25, 0.3) is 22.2 Å². The molecule has 94 valence electrons. The first-order chi connectivity index (χ1) is 9.16. The Morgan fingerprint density at radius 1 is 1.00 bits per heavy atom. The summed E-state index contributed by atoms with van der Waals surface area (Å²) in [6.07, 6.45) is 0. The average molecular weight is 334 g/mol. The van der Waals surface area contributed by atoms with Crippen LogP contribution in [-0.2, 0) is 0 Å². The van der Waals surface area contributed by atoms with Gasteiger partial charge in [-0.05, 0) is 33.6 Å². The number of aryl methyl sites for hydroxylation is 1. The molecular weight excluding hydrogens is 324 g/mol. The van der Waals surface area contributed by atoms with E-state index < -0.39 is 0 Å². The molecule has 0 atom stereocenters. The van der Waals surface area contributed by atoms with Gasteiger partial charge in [0.15, 0.2) is 5.82 Å². The molecule has 19 heavy (non-hydrogen) atoms. The summed E-state index contributed by atoms with van der Waals surface area (Å²) in [4.78, 5) is 8.87. The minimum atomic E-state index is 0.440. The Hall–Kier alpha value is -1.45. The Bertz CT molecular complexity index is 743. The van der Waals surface area contributed by atoms with Gasteiger partial charge in [0.25, 0.3) is 0 Å². The molecule has 0 unspecified atom stereocenters. The van der Waals surface area contributed by atoms with E-state index in [4.69, 9.17) is 11.6 Å². The van der Waals surface area contributed by atoms with Gasteiger partial charge in [0.05, 0.1) is 10.2 Å². The summed E-state index contributed by atoms with van der Waals surface area (Å²) in [6.45, 7) is 1.91. The van der Waals surface area contributed by atoms with Gasteiger partial charge in [-0.1, -0.05) is 54.1 Å².